The Bertz CT molecular complexity index is 961. The van der Waals surface area contributed by atoms with E-state index < -0.39 is 16.6 Å². The quantitative estimate of drug-likeness (QED) is 0.533. The number of hydrogen-bond donors (Lipinski definition) is 3. The van der Waals surface area contributed by atoms with Crippen LogP contribution in [0, 0.1) is 0 Å². The van der Waals surface area contributed by atoms with Crippen LogP contribution in [0.5, 0.6) is 11.5 Å². The first kappa shape index (κ1) is 23.9. The molecular weight excluding hydrogens is 434 g/mol. The van der Waals surface area contributed by atoms with Crippen LogP contribution in [-0.2, 0) is 4.74 Å². The van der Waals surface area contributed by atoms with E-state index in [9.17, 15) is 18.7 Å². The molecule has 2 aromatic rings. The van der Waals surface area contributed by atoms with Crippen molar-refractivity contribution in [3.05, 3.63) is 59.2 Å². The fourth-order valence-electron chi connectivity index (χ4n) is 3.82. The SMILES string of the molecule is CCOc1cc([C@H]2CS(O)(O)CC[C@H]2NC(=O)c2ccc(C(=O)OC)cc2)ccc1OC. The molecule has 0 spiro atoms. The molecule has 0 unspecified atom stereocenters. The number of carbonyl (C=O) groups is 2. The van der Waals surface area contributed by atoms with Crippen molar-refractivity contribution in [1.29, 1.82) is 0 Å². The highest BCUT2D eigenvalue weighted by atomic mass is 32.3. The van der Waals surface area contributed by atoms with Gasteiger partial charge in [-0.15, -0.1) is 0 Å². The Balaban J connectivity index is 1.83. The topological polar surface area (TPSA) is 114 Å². The summed E-state index contributed by atoms with van der Waals surface area (Å²) in [6.07, 6.45) is 0.426. The van der Waals surface area contributed by atoms with Crippen LogP contribution >= 0.6 is 10.6 Å². The van der Waals surface area contributed by atoms with Gasteiger partial charge in [-0.05, 0) is 55.3 Å². The van der Waals surface area contributed by atoms with Gasteiger partial charge in [0.1, 0.15) is 0 Å². The minimum Gasteiger partial charge on any atom is -0.493 e. The highest BCUT2D eigenvalue weighted by Gasteiger charge is 2.36. The monoisotopic (exact) mass is 463 g/mol. The number of benzene rings is 2. The molecule has 174 valence electrons. The second kappa shape index (κ2) is 10.2. The van der Waals surface area contributed by atoms with E-state index >= 15 is 0 Å². The third kappa shape index (κ3) is 5.53. The number of amides is 1. The number of nitrogens with one attached hydrogen (secondary N) is 1. The summed E-state index contributed by atoms with van der Waals surface area (Å²) in [7, 11) is 0.110. The lowest BCUT2D eigenvalue weighted by Gasteiger charge is -2.44. The van der Waals surface area contributed by atoms with Crippen molar-refractivity contribution in [1.82, 2.24) is 5.32 Å². The van der Waals surface area contributed by atoms with Gasteiger partial charge >= 0.3 is 5.97 Å². The van der Waals surface area contributed by atoms with Crippen molar-refractivity contribution >= 4 is 22.5 Å². The second-order valence-electron chi connectivity index (χ2n) is 7.56. The Morgan fingerprint density at radius 3 is 2.38 bits per heavy atom. The van der Waals surface area contributed by atoms with Crippen molar-refractivity contribution in [2.45, 2.75) is 25.3 Å². The maximum atomic E-state index is 12.9. The Morgan fingerprint density at radius 2 is 1.75 bits per heavy atom. The first-order chi connectivity index (χ1) is 15.3. The number of esters is 1. The van der Waals surface area contributed by atoms with E-state index in [4.69, 9.17) is 9.47 Å². The molecule has 0 aromatic heterocycles. The molecule has 1 aliphatic rings. The lowest BCUT2D eigenvalue weighted by atomic mass is 9.90. The molecule has 0 bridgehead atoms. The number of carbonyl (C=O) groups excluding carboxylic acids is 2. The maximum Gasteiger partial charge on any atom is 0.337 e. The van der Waals surface area contributed by atoms with E-state index in [1.807, 2.05) is 19.1 Å². The summed E-state index contributed by atoms with van der Waals surface area (Å²) in [5, 5.41) is 3.03. The smallest absolute Gasteiger partial charge is 0.337 e. The fraction of sp³-hybridized carbons (Fsp3) is 0.391. The highest BCUT2D eigenvalue weighted by Crippen LogP contribution is 2.50. The van der Waals surface area contributed by atoms with E-state index in [-0.39, 0.29) is 29.4 Å². The second-order valence-corrected chi connectivity index (χ2v) is 9.91. The molecule has 1 heterocycles. The van der Waals surface area contributed by atoms with Crippen LogP contribution in [0.4, 0.5) is 0 Å². The predicted molar refractivity (Wildman–Crippen MR) is 123 cm³/mol. The van der Waals surface area contributed by atoms with Crippen molar-refractivity contribution in [2.24, 2.45) is 0 Å². The van der Waals surface area contributed by atoms with Crippen LogP contribution in [0.25, 0.3) is 0 Å². The Labute approximate surface area is 189 Å². The minimum atomic E-state index is -2.75. The zero-order chi connectivity index (χ0) is 23.3. The van der Waals surface area contributed by atoms with Crippen LogP contribution in [0.3, 0.4) is 0 Å². The first-order valence-corrected chi connectivity index (χ1v) is 12.2. The third-order valence-electron chi connectivity index (χ3n) is 5.49. The summed E-state index contributed by atoms with van der Waals surface area (Å²) in [5.41, 5.74) is 1.59. The third-order valence-corrected chi connectivity index (χ3v) is 7.27. The van der Waals surface area contributed by atoms with Gasteiger partial charge in [0.2, 0.25) is 0 Å². The average molecular weight is 464 g/mol. The first-order valence-electron chi connectivity index (χ1n) is 10.3. The summed E-state index contributed by atoms with van der Waals surface area (Å²) >= 11 is 0. The van der Waals surface area contributed by atoms with E-state index in [1.165, 1.54) is 19.2 Å². The average Bonchev–Trinajstić information content (AvgIpc) is 2.79. The van der Waals surface area contributed by atoms with Crippen LogP contribution in [0.15, 0.2) is 42.5 Å². The summed E-state index contributed by atoms with van der Waals surface area (Å²) in [6, 6.07) is 11.4. The Hall–Kier alpha value is -2.75. The zero-order valence-electron chi connectivity index (χ0n) is 18.4. The molecular formula is C23H29NO7S. The molecule has 3 rings (SSSR count). The molecule has 8 nitrogen and oxygen atoms in total. The molecule has 1 fully saturated rings. The predicted octanol–water partition coefficient (Wildman–Crippen LogP) is 3.92. The van der Waals surface area contributed by atoms with Gasteiger partial charge in [0.25, 0.3) is 5.91 Å². The molecule has 2 aromatic carbocycles. The Kier molecular flexibility index (Phi) is 7.65. The van der Waals surface area contributed by atoms with Crippen LogP contribution in [0.2, 0.25) is 0 Å². The number of methoxy groups -OCH3 is 2. The van der Waals surface area contributed by atoms with Gasteiger partial charge < -0.3 is 19.5 Å². The van der Waals surface area contributed by atoms with E-state index in [0.717, 1.165) is 5.56 Å². The molecule has 3 N–H and O–H groups in total. The standard InChI is InChI=1S/C23H29NO7S/c1-4-31-21-13-17(9-10-20(21)29-2)18-14-32(27,28)12-11-19(18)24-22(25)15-5-7-16(8-6-15)23(26)30-3/h5-10,13,18-19,27-28H,4,11-12,14H2,1-3H3,(H,24,25)/t18-,19-/m1/s1. The molecule has 0 saturated carbocycles. The van der Waals surface area contributed by atoms with Crippen molar-refractivity contribution in [3.8, 4) is 11.5 Å². The molecule has 1 amide bonds. The van der Waals surface area contributed by atoms with E-state index in [2.05, 4.69) is 10.1 Å². The minimum absolute atomic E-state index is 0.150. The maximum absolute atomic E-state index is 12.9. The van der Waals surface area contributed by atoms with Crippen LogP contribution in [-0.4, -0.2) is 59.4 Å². The summed E-state index contributed by atoms with van der Waals surface area (Å²) < 4.78 is 36.5. The lowest BCUT2D eigenvalue weighted by molar-refractivity contribution is 0.0600. The lowest BCUT2D eigenvalue weighted by Crippen LogP contribution is -2.45. The molecule has 1 saturated heterocycles. The van der Waals surface area contributed by atoms with Gasteiger partial charge in [-0.1, -0.05) is 6.07 Å². The highest BCUT2D eigenvalue weighted by molar-refractivity contribution is 8.24. The molecule has 32 heavy (non-hydrogen) atoms. The van der Waals surface area contributed by atoms with E-state index in [1.54, 1.807) is 25.3 Å². The molecule has 0 radical (unpaired) electrons. The molecule has 9 heteroatoms. The number of ether oxygens (including phenoxy) is 3. The summed E-state index contributed by atoms with van der Waals surface area (Å²) in [5.74, 6) is 0.452. The molecule has 2 atom stereocenters. The normalized spacial score (nSPS) is 20.7. The van der Waals surface area contributed by atoms with Crippen LogP contribution < -0.4 is 14.8 Å². The van der Waals surface area contributed by atoms with Crippen molar-refractivity contribution in [3.63, 3.8) is 0 Å². The van der Waals surface area contributed by atoms with Gasteiger partial charge in [0.15, 0.2) is 11.5 Å². The summed E-state index contributed by atoms with van der Waals surface area (Å²) in [4.78, 5) is 24.5. The van der Waals surface area contributed by atoms with Crippen LogP contribution in [0.1, 0.15) is 45.5 Å². The van der Waals surface area contributed by atoms with Crippen molar-refractivity contribution in [2.75, 3.05) is 32.3 Å². The Morgan fingerprint density at radius 1 is 1.06 bits per heavy atom. The number of hydrogen-bond acceptors (Lipinski definition) is 7. The molecule has 1 aliphatic heterocycles. The van der Waals surface area contributed by atoms with E-state index in [0.29, 0.717) is 35.7 Å². The largest absolute Gasteiger partial charge is 0.493 e. The van der Waals surface area contributed by atoms with Gasteiger partial charge in [-0.2, -0.15) is 10.6 Å². The summed E-state index contributed by atoms with van der Waals surface area (Å²) in [6.45, 7) is 2.33. The van der Waals surface area contributed by atoms with Gasteiger partial charge in [0, 0.05) is 29.0 Å². The fourth-order valence-corrected chi connectivity index (χ4v) is 5.62. The molecule has 0 aliphatic carbocycles. The van der Waals surface area contributed by atoms with Gasteiger partial charge in [0.05, 0.1) is 26.4 Å². The van der Waals surface area contributed by atoms with Gasteiger partial charge in [-0.25, -0.2) is 4.79 Å². The van der Waals surface area contributed by atoms with Gasteiger partial charge in [-0.3, -0.25) is 13.9 Å². The number of rotatable bonds is 7. The van der Waals surface area contributed by atoms with Crippen molar-refractivity contribution < 1.29 is 32.9 Å². The zero-order valence-corrected chi connectivity index (χ0v) is 19.2.